The first-order chi connectivity index (χ1) is 11.0. The smallest absolute Gasteiger partial charge is 0.241 e. The molecule has 1 N–H and O–H groups in total. The molecule has 1 fully saturated rings. The standard InChI is InChI=1S/C18H25FN2OS/c1-18(8-4-3-5-9-18)16(20-23-2)17(22)21-11-13-6-7-15(19)10-14(13)12-21/h6-7,10,16,20H,3-5,8-9,11-12H2,1-2H3. The minimum atomic E-state index is -0.226. The fraction of sp³-hybridized carbons (Fsp3) is 0.611. The molecule has 0 radical (unpaired) electrons. The van der Waals surface area contributed by atoms with Gasteiger partial charge in [0.05, 0.1) is 0 Å². The van der Waals surface area contributed by atoms with Gasteiger partial charge in [-0.25, -0.2) is 4.39 Å². The Morgan fingerprint density at radius 1 is 1.26 bits per heavy atom. The van der Waals surface area contributed by atoms with E-state index in [0.717, 1.165) is 24.0 Å². The molecule has 0 bridgehead atoms. The van der Waals surface area contributed by atoms with Gasteiger partial charge in [-0.3, -0.25) is 9.52 Å². The summed E-state index contributed by atoms with van der Waals surface area (Å²) in [5, 5.41) is 0. The van der Waals surface area contributed by atoms with Gasteiger partial charge in [-0.1, -0.05) is 44.2 Å². The number of halogens is 1. The number of benzene rings is 1. The van der Waals surface area contributed by atoms with E-state index in [1.54, 1.807) is 12.1 Å². The molecule has 2 aliphatic rings. The maximum absolute atomic E-state index is 13.4. The molecule has 1 unspecified atom stereocenters. The van der Waals surface area contributed by atoms with Gasteiger partial charge in [0, 0.05) is 13.1 Å². The van der Waals surface area contributed by atoms with E-state index in [1.165, 1.54) is 37.3 Å². The first-order valence-electron chi connectivity index (χ1n) is 8.38. The molecule has 0 aromatic heterocycles. The van der Waals surface area contributed by atoms with Crippen LogP contribution in [0.25, 0.3) is 0 Å². The van der Waals surface area contributed by atoms with Crippen LogP contribution >= 0.6 is 11.9 Å². The van der Waals surface area contributed by atoms with Crippen molar-refractivity contribution in [3.63, 3.8) is 0 Å². The lowest BCUT2D eigenvalue weighted by molar-refractivity contribution is -0.137. The summed E-state index contributed by atoms with van der Waals surface area (Å²) in [6.45, 7) is 3.35. The predicted octanol–water partition coefficient (Wildman–Crippen LogP) is 3.87. The number of carbonyl (C=O) groups is 1. The van der Waals surface area contributed by atoms with Crippen molar-refractivity contribution >= 4 is 17.9 Å². The van der Waals surface area contributed by atoms with Crippen LogP contribution in [0.2, 0.25) is 0 Å². The summed E-state index contributed by atoms with van der Waals surface area (Å²) in [6.07, 6.45) is 7.81. The summed E-state index contributed by atoms with van der Waals surface area (Å²) < 4.78 is 16.8. The van der Waals surface area contributed by atoms with E-state index < -0.39 is 0 Å². The number of nitrogens with one attached hydrogen (secondary N) is 1. The highest BCUT2D eigenvalue weighted by Crippen LogP contribution is 2.40. The third kappa shape index (κ3) is 3.41. The zero-order valence-electron chi connectivity index (χ0n) is 13.9. The van der Waals surface area contributed by atoms with Gasteiger partial charge in [-0.2, -0.15) is 0 Å². The first kappa shape index (κ1) is 16.8. The lowest BCUT2D eigenvalue weighted by atomic mass is 9.70. The maximum Gasteiger partial charge on any atom is 0.241 e. The zero-order chi connectivity index (χ0) is 16.4. The second-order valence-corrected chi connectivity index (χ2v) is 7.72. The van der Waals surface area contributed by atoms with E-state index in [4.69, 9.17) is 0 Å². The summed E-state index contributed by atoms with van der Waals surface area (Å²) in [5.41, 5.74) is 2.02. The molecule has 3 nitrogen and oxygen atoms in total. The Labute approximate surface area is 142 Å². The largest absolute Gasteiger partial charge is 0.333 e. The number of hydrogen-bond donors (Lipinski definition) is 1. The van der Waals surface area contributed by atoms with Gasteiger partial charge in [-0.15, -0.1) is 0 Å². The minimum Gasteiger partial charge on any atom is -0.333 e. The van der Waals surface area contributed by atoms with Crippen LogP contribution in [0.15, 0.2) is 18.2 Å². The third-order valence-electron chi connectivity index (χ3n) is 5.38. The summed E-state index contributed by atoms with van der Waals surface area (Å²) >= 11 is 1.52. The summed E-state index contributed by atoms with van der Waals surface area (Å²) in [4.78, 5) is 15.0. The molecule has 1 saturated carbocycles. The van der Waals surface area contributed by atoms with Crippen molar-refractivity contribution in [1.29, 1.82) is 0 Å². The van der Waals surface area contributed by atoms with E-state index in [0.29, 0.717) is 13.1 Å². The molecule has 1 heterocycles. The van der Waals surface area contributed by atoms with Crippen molar-refractivity contribution in [3.05, 3.63) is 35.1 Å². The predicted molar refractivity (Wildman–Crippen MR) is 92.3 cm³/mol. The molecular weight excluding hydrogens is 311 g/mol. The summed E-state index contributed by atoms with van der Waals surface area (Å²) in [7, 11) is 0. The highest BCUT2D eigenvalue weighted by atomic mass is 32.2. The van der Waals surface area contributed by atoms with Gasteiger partial charge in [0.15, 0.2) is 0 Å². The Morgan fingerprint density at radius 2 is 1.96 bits per heavy atom. The maximum atomic E-state index is 13.4. The molecule has 1 amide bonds. The van der Waals surface area contributed by atoms with Crippen LogP contribution < -0.4 is 4.72 Å². The normalized spacial score (nSPS) is 21.1. The fourth-order valence-electron chi connectivity index (χ4n) is 3.96. The van der Waals surface area contributed by atoms with Crippen LogP contribution in [-0.4, -0.2) is 23.1 Å². The molecule has 0 spiro atoms. The third-order valence-corrected chi connectivity index (χ3v) is 5.85. The lowest BCUT2D eigenvalue weighted by Crippen LogP contribution is -2.52. The zero-order valence-corrected chi connectivity index (χ0v) is 14.7. The SMILES string of the molecule is CSNC(C(=O)N1Cc2ccc(F)cc2C1)C1(C)CCCCC1. The molecule has 1 aromatic rings. The lowest BCUT2D eigenvalue weighted by Gasteiger charge is -2.41. The molecule has 3 rings (SSSR count). The van der Waals surface area contributed by atoms with Crippen LogP contribution in [0.1, 0.15) is 50.2 Å². The van der Waals surface area contributed by atoms with Crippen LogP contribution in [0, 0.1) is 11.2 Å². The Balaban J connectivity index is 1.77. The topological polar surface area (TPSA) is 32.3 Å². The average molecular weight is 336 g/mol. The minimum absolute atomic E-state index is 0.0123. The number of hydrogen-bond acceptors (Lipinski definition) is 3. The van der Waals surface area contributed by atoms with Crippen molar-refractivity contribution < 1.29 is 9.18 Å². The number of amides is 1. The highest BCUT2D eigenvalue weighted by Gasteiger charge is 2.42. The molecule has 1 aliphatic carbocycles. The van der Waals surface area contributed by atoms with Crippen LogP contribution in [-0.2, 0) is 17.9 Å². The van der Waals surface area contributed by atoms with E-state index in [-0.39, 0.29) is 23.2 Å². The van der Waals surface area contributed by atoms with Crippen molar-refractivity contribution in [3.8, 4) is 0 Å². The second-order valence-electron chi connectivity index (χ2n) is 7.08. The quantitative estimate of drug-likeness (QED) is 0.847. The monoisotopic (exact) mass is 336 g/mol. The molecular formula is C18H25FN2OS. The molecule has 1 aromatic carbocycles. The number of rotatable bonds is 4. The van der Waals surface area contributed by atoms with E-state index >= 15 is 0 Å². The van der Waals surface area contributed by atoms with E-state index in [1.807, 2.05) is 11.2 Å². The van der Waals surface area contributed by atoms with E-state index in [2.05, 4.69) is 11.6 Å². The highest BCUT2D eigenvalue weighted by molar-refractivity contribution is 7.96. The van der Waals surface area contributed by atoms with Crippen molar-refractivity contribution in [1.82, 2.24) is 9.62 Å². The Morgan fingerprint density at radius 3 is 2.65 bits per heavy atom. The molecule has 23 heavy (non-hydrogen) atoms. The molecule has 5 heteroatoms. The van der Waals surface area contributed by atoms with Gasteiger partial charge >= 0.3 is 0 Å². The second kappa shape index (κ2) is 6.81. The van der Waals surface area contributed by atoms with Crippen molar-refractivity contribution in [2.45, 2.75) is 58.2 Å². The van der Waals surface area contributed by atoms with Gasteiger partial charge in [0.1, 0.15) is 11.9 Å². The van der Waals surface area contributed by atoms with E-state index in [9.17, 15) is 9.18 Å². The average Bonchev–Trinajstić information content (AvgIpc) is 2.95. The van der Waals surface area contributed by atoms with Gasteiger partial charge in [0.25, 0.3) is 0 Å². The van der Waals surface area contributed by atoms with Gasteiger partial charge in [-0.05, 0) is 47.8 Å². The number of nitrogens with zero attached hydrogens (tertiary/aromatic N) is 1. The fourth-order valence-corrected chi connectivity index (χ4v) is 4.58. The molecule has 1 aliphatic heterocycles. The van der Waals surface area contributed by atoms with Gasteiger partial charge in [0.2, 0.25) is 5.91 Å². The van der Waals surface area contributed by atoms with Crippen LogP contribution in [0.5, 0.6) is 0 Å². The number of carbonyl (C=O) groups excluding carboxylic acids is 1. The van der Waals surface area contributed by atoms with Crippen LogP contribution in [0.4, 0.5) is 4.39 Å². The summed E-state index contributed by atoms with van der Waals surface area (Å²) in [5.74, 6) is -0.0727. The molecule has 1 atom stereocenters. The Bertz CT molecular complexity index is 586. The van der Waals surface area contributed by atoms with Crippen molar-refractivity contribution in [2.75, 3.05) is 6.26 Å². The first-order valence-corrected chi connectivity index (χ1v) is 9.60. The molecule has 0 saturated heterocycles. The van der Waals surface area contributed by atoms with Gasteiger partial charge < -0.3 is 4.90 Å². The number of fused-ring (bicyclic) bond motifs is 1. The molecule has 126 valence electrons. The van der Waals surface area contributed by atoms with Crippen molar-refractivity contribution in [2.24, 2.45) is 5.41 Å². The summed E-state index contributed by atoms with van der Waals surface area (Å²) in [6, 6.07) is 4.67. The Hall–Kier alpha value is -1.07. The van der Waals surface area contributed by atoms with Crippen LogP contribution in [0.3, 0.4) is 0 Å². The Kier molecular flexibility index (Phi) is 4.97.